The molecule has 1 atom stereocenters. The second-order valence-corrected chi connectivity index (χ2v) is 4.14. The molecule has 0 amide bonds. The molecular weight excluding hydrogens is 172 g/mol. The van der Waals surface area contributed by atoms with Crippen LogP contribution in [-0.4, -0.2) is 17.6 Å². The average Bonchev–Trinajstić information content (AvgIpc) is 2.00. The predicted octanol–water partition coefficient (Wildman–Crippen LogP) is 3.60. The second kappa shape index (κ2) is 5.82. The van der Waals surface area contributed by atoms with Crippen LogP contribution in [0, 0.1) is 0 Å². The largest absolute Gasteiger partial charge is 0.373 e. The molecule has 0 radical (unpaired) electrons. The maximum Gasteiger partial charge on any atom is 0.0655 e. The van der Waals surface area contributed by atoms with E-state index in [0.717, 1.165) is 25.1 Å². The molecule has 0 aromatic heterocycles. The molecule has 12 heavy (non-hydrogen) atoms. The number of alkyl halides is 1. The Morgan fingerprint density at radius 1 is 1.42 bits per heavy atom. The highest BCUT2D eigenvalue weighted by molar-refractivity contribution is 6.17. The molecule has 0 rings (SSSR count). The van der Waals surface area contributed by atoms with Crippen LogP contribution in [0.25, 0.3) is 0 Å². The fourth-order valence-electron chi connectivity index (χ4n) is 1.33. The lowest BCUT2D eigenvalue weighted by molar-refractivity contribution is -0.0753. The van der Waals surface area contributed by atoms with Gasteiger partial charge in [0.2, 0.25) is 0 Å². The molecule has 0 N–H and O–H groups in total. The minimum absolute atomic E-state index is 0.0308. The van der Waals surface area contributed by atoms with Gasteiger partial charge in [0, 0.05) is 5.88 Å². The lowest BCUT2D eigenvalue weighted by Gasteiger charge is -2.30. The molecule has 0 aliphatic heterocycles. The number of hydrogen-bond acceptors (Lipinski definition) is 1. The quantitative estimate of drug-likeness (QED) is 0.585. The molecule has 1 nitrogen and oxygen atoms in total. The van der Waals surface area contributed by atoms with E-state index in [4.69, 9.17) is 16.3 Å². The summed E-state index contributed by atoms with van der Waals surface area (Å²) in [6, 6.07) is 0. The van der Waals surface area contributed by atoms with Gasteiger partial charge < -0.3 is 4.74 Å². The molecule has 0 saturated carbocycles. The van der Waals surface area contributed by atoms with Crippen molar-refractivity contribution in [2.24, 2.45) is 0 Å². The summed E-state index contributed by atoms with van der Waals surface area (Å²) < 4.78 is 5.83. The van der Waals surface area contributed by atoms with E-state index in [-0.39, 0.29) is 5.60 Å². The van der Waals surface area contributed by atoms with E-state index in [0.29, 0.717) is 6.10 Å². The molecule has 0 aliphatic rings. The van der Waals surface area contributed by atoms with Gasteiger partial charge in [-0.1, -0.05) is 6.92 Å². The van der Waals surface area contributed by atoms with E-state index >= 15 is 0 Å². The van der Waals surface area contributed by atoms with Gasteiger partial charge in [-0.15, -0.1) is 11.6 Å². The molecule has 0 heterocycles. The summed E-state index contributed by atoms with van der Waals surface area (Å²) >= 11 is 5.65. The van der Waals surface area contributed by atoms with Crippen LogP contribution in [0.15, 0.2) is 0 Å². The summed E-state index contributed by atoms with van der Waals surface area (Å²) in [4.78, 5) is 0. The van der Waals surface area contributed by atoms with Crippen molar-refractivity contribution in [3.8, 4) is 0 Å². The van der Waals surface area contributed by atoms with Gasteiger partial charge in [-0.25, -0.2) is 0 Å². The summed E-state index contributed by atoms with van der Waals surface area (Å²) in [5.41, 5.74) is 0.0308. The van der Waals surface area contributed by atoms with Crippen molar-refractivity contribution in [3.05, 3.63) is 0 Å². The van der Waals surface area contributed by atoms with E-state index in [1.54, 1.807) is 0 Å². The zero-order chi connectivity index (χ0) is 9.61. The maximum atomic E-state index is 5.83. The van der Waals surface area contributed by atoms with Crippen molar-refractivity contribution in [3.63, 3.8) is 0 Å². The van der Waals surface area contributed by atoms with Crippen LogP contribution in [-0.2, 0) is 4.74 Å². The second-order valence-electron chi connectivity index (χ2n) is 3.76. The van der Waals surface area contributed by atoms with Crippen LogP contribution in [0.1, 0.15) is 47.0 Å². The van der Waals surface area contributed by atoms with Crippen LogP contribution in [0.5, 0.6) is 0 Å². The third-order valence-corrected chi connectivity index (χ3v) is 2.37. The zero-order valence-electron chi connectivity index (χ0n) is 8.69. The van der Waals surface area contributed by atoms with Crippen LogP contribution < -0.4 is 0 Å². The third kappa shape index (κ3) is 5.00. The van der Waals surface area contributed by atoms with E-state index in [9.17, 15) is 0 Å². The molecule has 0 fully saturated rings. The first-order chi connectivity index (χ1) is 5.54. The van der Waals surface area contributed by atoms with Crippen LogP contribution >= 0.6 is 11.6 Å². The Hall–Kier alpha value is 0.250. The van der Waals surface area contributed by atoms with Crippen molar-refractivity contribution in [2.75, 3.05) is 5.88 Å². The number of halogens is 1. The fourth-order valence-corrected chi connectivity index (χ4v) is 1.46. The van der Waals surface area contributed by atoms with Crippen molar-refractivity contribution in [1.29, 1.82) is 0 Å². The highest BCUT2D eigenvalue weighted by Crippen LogP contribution is 2.23. The molecule has 0 bridgehead atoms. The Morgan fingerprint density at radius 2 is 2.00 bits per heavy atom. The first-order valence-corrected chi connectivity index (χ1v) is 5.31. The molecular formula is C10H21ClO. The van der Waals surface area contributed by atoms with Gasteiger partial charge in [-0.05, 0) is 40.0 Å². The lowest BCUT2D eigenvalue weighted by atomic mass is 9.97. The van der Waals surface area contributed by atoms with Gasteiger partial charge in [0.25, 0.3) is 0 Å². The van der Waals surface area contributed by atoms with Crippen molar-refractivity contribution in [2.45, 2.75) is 58.7 Å². The summed E-state index contributed by atoms with van der Waals surface area (Å²) in [5, 5.41) is 0. The maximum absolute atomic E-state index is 5.83. The molecule has 2 heteroatoms. The smallest absolute Gasteiger partial charge is 0.0655 e. The van der Waals surface area contributed by atoms with Crippen molar-refractivity contribution < 1.29 is 4.74 Å². The van der Waals surface area contributed by atoms with Crippen LogP contribution in [0.4, 0.5) is 0 Å². The molecule has 0 aromatic rings. The normalized spacial score (nSPS) is 16.5. The van der Waals surface area contributed by atoms with Gasteiger partial charge in [-0.3, -0.25) is 0 Å². The first-order valence-electron chi connectivity index (χ1n) is 4.78. The van der Waals surface area contributed by atoms with E-state index in [1.807, 2.05) is 0 Å². The Morgan fingerprint density at radius 3 is 2.33 bits per heavy atom. The first kappa shape index (κ1) is 12.2. The lowest BCUT2D eigenvalue weighted by Crippen LogP contribution is -2.31. The van der Waals surface area contributed by atoms with Gasteiger partial charge in [0.05, 0.1) is 11.7 Å². The number of hydrogen-bond donors (Lipinski definition) is 0. The molecule has 0 saturated heterocycles. The molecule has 0 aliphatic carbocycles. The number of ether oxygens (including phenoxy) is 1. The third-order valence-electron chi connectivity index (χ3n) is 2.11. The topological polar surface area (TPSA) is 9.23 Å². The highest BCUT2D eigenvalue weighted by atomic mass is 35.5. The van der Waals surface area contributed by atoms with E-state index in [2.05, 4.69) is 27.7 Å². The Balaban J connectivity index is 3.86. The standard InChI is InChI=1S/C10H21ClO/c1-5-10(4,7-6-8-11)12-9(2)3/h9H,5-8H2,1-4H3. The Labute approximate surface area is 81.4 Å². The van der Waals surface area contributed by atoms with Gasteiger partial charge in [0.15, 0.2) is 0 Å². The van der Waals surface area contributed by atoms with E-state index in [1.165, 1.54) is 0 Å². The Bertz CT molecular complexity index is 114. The average molecular weight is 193 g/mol. The van der Waals surface area contributed by atoms with Gasteiger partial charge in [0.1, 0.15) is 0 Å². The van der Waals surface area contributed by atoms with E-state index < -0.39 is 0 Å². The number of rotatable bonds is 6. The van der Waals surface area contributed by atoms with Crippen LogP contribution in [0.3, 0.4) is 0 Å². The monoisotopic (exact) mass is 192 g/mol. The molecule has 0 aromatic carbocycles. The Kier molecular flexibility index (Phi) is 5.94. The SMILES string of the molecule is CCC(C)(CCCCl)OC(C)C. The van der Waals surface area contributed by atoms with Crippen molar-refractivity contribution >= 4 is 11.6 Å². The minimum Gasteiger partial charge on any atom is -0.373 e. The van der Waals surface area contributed by atoms with Gasteiger partial charge >= 0.3 is 0 Å². The van der Waals surface area contributed by atoms with Crippen LogP contribution in [0.2, 0.25) is 0 Å². The summed E-state index contributed by atoms with van der Waals surface area (Å²) in [6.07, 6.45) is 3.47. The summed E-state index contributed by atoms with van der Waals surface area (Å²) in [5.74, 6) is 0.733. The highest BCUT2D eigenvalue weighted by Gasteiger charge is 2.23. The van der Waals surface area contributed by atoms with Gasteiger partial charge in [-0.2, -0.15) is 0 Å². The summed E-state index contributed by atoms with van der Waals surface area (Å²) in [6.45, 7) is 8.49. The zero-order valence-corrected chi connectivity index (χ0v) is 9.45. The predicted molar refractivity (Wildman–Crippen MR) is 54.9 cm³/mol. The van der Waals surface area contributed by atoms with Crippen molar-refractivity contribution in [1.82, 2.24) is 0 Å². The molecule has 0 spiro atoms. The minimum atomic E-state index is 0.0308. The molecule has 1 unspecified atom stereocenters. The summed E-state index contributed by atoms with van der Waals surface area (Å²) in [7, 11) is 0. The molecule has 74 valence electrons. The fraction of sp³-hybridized carbons (Fsp3) is 1.00.